The minimum absolute atomic E-state index is 0. The molecule has 1 fully saturated rings. The number of nitrogens with one attached hydrogen (secondary N) is 1. The Bertz CT molecular complexity index is 594. The van der Waals surface area contributed by atoms with Gasteiger partial charge in [0.1, 0.15) is 0 Å². The molecule has 2 aromatic rings. The van der Waals surface area contributed by atoms with Crippen molar-refractivity contribution in [2.45, 2.75) is 31.3 Å². The topological polar surface area (TPSA) is 38.0 Å². The zero-order valence-corrected chi connectivity index (χ0v) is 14.2. The first-order valence-corrected chi connectivity index (χ1v) is 7.83. The molecule has 2 aromatic carbocycles. The second kappa shape index (κ2) is 6.82. The van der Waals surface area contributed by atoms with E-state index in [4.69, 9.17) is 5.73 Å². The molecule has 0 spiro atoms. The van der Waals surface area contributed by atoms with Crippen LogP contribution in [0.25, 0.3) is 0 Å². The fourth-order valence-electron chi connectivity index (χ4n) is 2.84. The van der Waals surface area contributed by atoms with Crippen LogP contribution in [0.15, 0.2) is 53.0 Å². The zero-order valence-electron chi connectivity index (χ0n) is 11.8. The summed E-state index contributed by atoms with van der Waals surface area (Å²) < 4.78 is 1.13. The van der Waals surface area contributed by atoms with Crippen LogP contribution in [0.5, 0.6) is 0 Å². The lowest BCUT2D eigenvalue weighted by Crippen LogP contribution is -2.47. The fourth-order valence-corrected chi connectivity index (χ4v) is 3.11. The molecule has 0 aliphatic heterocycles. The van der Waals surface area contributed by atoms with Crippen LogP contribution in [0.2, 0.25) is 0 Å². The molecule has 0 radical (unpaired) electrons. The third-order valence-electron chi connectivity index (χ3n) is 4.19. The number of benzene rings is 2. The lowest BCUT2D eigenvalue weighted by atomic mass is 9.71. The first-order valence-electron chi connectivity index (χ1n) is 7.03. The van der Waals surface area contributed by atoms with Gasteiger partial charge in [0.15, 0.2) is 0 Å². The Hall–Kier alpha value is -1.03. The van der Waals surface area contributed by atoms with Crippen molar-refractivity contribution < 1.29 is 0 Å². The van der Waals surface area contributed by atoms with Gasteiger partial charge in [-0.25, -0.2) is 0 Å². The van der Waals surface area contributed by atoms with Gasteiger partial charge >= 0.3 is 0 Å². The number of rotatable bonds is 4. The molecular weight excluding hydrogens is 348 g/mol. The van der Waals surface area contributed by atoms with Crippen molar-refractivity contribution >= 4 is 34.0 Å². The summed E-state index contributed by atoms with van der Waals surface area (Å²) in [5.74, 6) is 0. The highest BCUT2D eigenvalue weighted by Crippen LogP contribution is 2.41. The Labute approximate surface area is 140 Å². The zero-order chi connectivity index (χ0) is 14.0. The van der Waals surface area contributed by atoms with Crippen LogP contribution in [0, 0.1) is 0 Å². The van der Waals surface area contributed by atoms with Crippen LogP contribution in [0.1, 0.15) is 30.4 Å². The molecule has 2 nitrogen and oxygen atoms in total. The van der Waals surface area contributed by atoms with Crippen LogP contribution in [0.3, 0.4) is 0 Å². The minimum atomic E-state index is 0. The summed E-state index contributed by atoms with van der Waals surface area (Å²) >= 11 is 3.50. The van der Waals surface area contributed by atoms with Crippen molar-refractivity contribution in [2.75, 3.05) is 5.73 Å². The third kappa shape index (κ3) is 3.60. The van der Waals surface area contributed by atoms with E-state index in [9.17, 15) is 0 Å². The SMILES string of the molecule is Cl.Nc1cccc(CNC2(c3ccc(Br)cc3)CCC2)c1. The molecular formula is C17H20BrClN2. The number of hydrogen-bond acceptors (Lipinski definition) is 2. The maximum atomic E-state index is 5.84. The molecule has 1 aliphatic rings. The highest BCUT2D eigenvalue weighted by molar-refractivity contribution is 9.10. The quantitative estimate of drug-likeness (QED) is 0.774. The number of hydrogen-bond donors (Lipinski definition) is 2. The molecule has 1 saturated carbocycles. The van der Waals surface area contributed by atoms with E-state index in [1.54, 1.807) is 0 Å². The Morgan fingerprint density at radius 3 is 2.38 bits per heavy atom. The van der Waals surface area contributed by atoms with Crippen molar-refractivity contribution in [3.8, 4) is 0 Å². The average molecular weight is 368 g/mol. The fraction of sp³-hybridized carbons (Fsp3) is 0.294. The van der Waals surface area contributed by atoms with Crippen LogP contribution in [-0.2, 0) is 12.1 Å². The Morgan fingerprint density at radius 2 is 1.81 bits per heavy atom. The number of nitrogens with two attached hydrogens (primary N) is 1. The number of halogens is 2. The van der Waals surface area contributed by atoms with Gasteiger partial charge in [-0.2, -0.15) is 0 Å². The Balaban J connectivity index is 0.00000161. The lowest BCUT2D eigenvalue weighted by molar-refractivity contribution is 0.183. The molecule has 0 amide bonds. The van der Waals surface area contributed by atoms with E-state index < -0.39 is 0 Å². The highest BCUT2D eigenvalue weighted by Gasteiger charge is 2.37. The monoisotopic (exact) mass is 366 g/mol. The van der Waals surface area contributed by atoms with Crippen LogP contribution in [0.4, 0.5) is 5.69 Å². The van der Waals surface area contributed by atoms with Crippen LogP contribution in [-0.4, -0.2) is 0 Å². The maximum absolute atomic E-state index is 5.84. The van der Waals surface area contributed by atoms with E-state index in [-0.39, 0.29) is 17.9 Å². The molecule has 1 aliphatic carbocycles. The predicted molar refractivity (Wildman–Crippen MR) is 94.6 cm³/mol. The highest BCUT2D eigenvalue weighted by atomic mass is 79.9. The smallest absolute Gasteiger partial charge is 0.0437 e. The minimum Gasteiger partial charge on any atom is -0.399 e. The maximum Gasteiger partial charge on any atom is 0.0437 e. The third-order valence-corrected chi connectivity index (χ3v) is 4.71. The van der Waals surface area contributed by atoms with E-state index in [1.807, 2.05) is 18.2 Å². The molecule has 3 rings (SSSR count). The summed E-state index contributed by atoms with van der Waals surface area (Å²) in [5, 5.41) is 3.74. The Morgan fingerprint density at radius 1 is 1.10 bits per heavy atom. The first kappa shape index (κ1) is 16.3. The van der Waals surface area contributed by atoms with Gasteiger partial charge in [0.05, 0.1) is 0 Å². The van der Waals surface area contributed by atoms with E-state index in [0.29, 0.717) is 0 Å². The van der Waals surface area contributed by atoms with E-state index in [0.717, 1.165) is 16.7 Å². The van der Waals surface area contributed by atoms with E-state index in [2.05, 4.69) is 51.6 Å². The molecule has 4 heteroatoms. The summed E-state index contributed by atoms with van der Waals surface area (Å²) in [6.07, 6.45) is 3.70. The molecule has 3 N–H and O–H groups in total. The molecule has 0 bridgehead atoms. The normalized spacial score (nSPS) is 15.9. The lowest BCUT2D eigenvalue weighted by Gasteiger charge is -2.43. The molecule has 0 atom stereocenters. The van der Waals surface area contributed by atoms with Crippen molar-refractivity contribution in [1.82, 2.24) is 5.32 Å². The van der Waals surface area contributed by atoms with Crippen LogP contribution < -0.4 is 11.1 Å². The van der Waals surface area contributed by atoms with Crippen LogP contribution >= 0.6 is 28.3 Å². The van der Waals surface area contributed by atoms with Gasteiger partial charge in [0, 0.05) is 22.2 Å². The Kier molecular flexibility index (Phi) is 5.31. The van der Waals surface area contributed by atoms with Gasteiger partial charge in [-0.05, 0) is 54.7 Å². The second-order valence-electron chi connectivity index (χ2n) is 5.54. The van der Waals surface area contributed by atoms with Gasteiger partial charge in [0.25, 0.3) is 0 Å². The van der Waals surface area contributed by atoms with Gasteiger partial charge in [-0.1, -0.05) is 40.2 Å². The second-order valence-corrected chi connectivity index (χ2v) is 6.46. The molecule has 112 valence electrons. The van der Waals surface area contributed by atoms with Gasteiger partial charge < -0.3 is 11.1 Å². The summed E-state index contributed by atoms with van der Waals surface area (Å²) in [6, 6.07) is 16.8. The molecule has 21 heavy (non-hydrogen) atoms. The largest absolute Gasteiger partial charge is 0.399 e. The molecule has 0 heterocycles. The van der Waals surface area contributed by atoms with Gasteiger partial charge in [-0.3, -0.25) is 0 Å². The van der Waals surface area contributed by atoms with Crippen molar-refractivity contribution in [2.24, 2.45) is 0 Å². The van der Waals surface area contributed by atoms with Crippen molar-refractivity contribution in [1.29, 1.82) is 0 Å². The first-order chi connectivity index (χ1) is 9.68. The van der Waals surface area contributed by atoms with E-state index in [1.165, 1.54) is 30.4 Å². The molecule has 0 unspecified atom stereocenters. The molecule has 0 saturated heterocycles. The van der Waals surface area contributed by atoms with Gasteiger partial charge in [-0.15, -0.1) is 12.4 Å². The predicted octanol–water partition coefficient (Wildman–Crippen LogP) is 4.62. The van der Waals surface area contributed by atoms with Crippen molar-refractivity contribution in [3.05, 3.63) is 64.1 Å². The number of nitrogen functional groups attached to an aromatic ring is 1. The van der Waals surface area contributed by atoms with E-state index >= 15 is 0 Å². The average Bonchev–Trinajstić information content (AvgIpc) is 2.39. The standard InChI is InChI=1S/C17H19BrN2.ClH/c18-15-7-5-14(6-8-15)17(9-2-10-17)20-12-13-3-1-4-16(19)11-13;/h1,3-8,11,20H,2,9-10,12,19H2;1H. The van der Waals surface area contributed by atoms with Crippen molar-refractivity contribution in [3.63, 3.8) is 0 Å². The summed E-state index contributed by atoms with van der Waals surface area (Å²) in [4.78, 5) is 0. The molecule has 0 aromatic heterocycles. The summed E-state index contributed by atoms with van der Waals surface area (Å²) in [5.41, 5.74) is 9.44. The summed E-state index contributed by atoms with van der Waals surface area (Å²) in [7, 11) is 0. The number of anilines is 1. The van der Waals surface area contributed by atoms with Gasteiger partial charge in [0.2, 0.25) is 0 Å². The summed E-state index contributed by atoms with van der Waals surface area (Å²) in [6.45, 7) is 0.862.